The minimum absolute atomic E-state index is 0.0439. The molecular formula is C7H17N3O2S. The minimum Gasteiger partial charge on any atom is -0.329 e. The van der Waals surface area contributed by atoms with Gasteiger partial charge in [0.1, 0.15) is 0 Å². The van der Waals surface area contributed by atoms with Crippen LogP contribution >= 0.6 is 0 Å². The van der Waals surface area contributed by atoms with Gasteiger partial charge in [-0.3, -0.25) is 0 Å². The van der Waals surface area contributed by atoms with E-state index in [0.29, 0.717) is 13.1 Å². The van der Waals surface area contributed by atoms with E-state index in [4.69, 9.17) is 11.5 Å². The van der Waals surface area contributed by atoms with Gasteiger partial charge < -0.3 is 11.5 Å². The van der Waals surface area contributed by atoms with Crippen molar-refractivity contribution in [1.82, 2.24) is 4.31 Å². The largest absolute Gasteiger partial charge is 0.329 e. The third-order valence-electron chi connectivity index (χ3n) is 2.27. The van der Waals surface area contributed by atoms with Crippen molar-refractivity contribution in [1.29, 1.82) is 0 Å². The molecule has 78 valence electrons. The standard InChI is InChI=1S/C7H17N3O2S/c8-3-6-13(11,12)10-4-1-7(9)2-5-10/h7H,1-6,8-9H2. The van der Waals surface area contributed by atoms with Crippen molar-refractivity contribution < 1.29 is 8.42 Å². The molecule has 6 heteroatoms. The van der Waals surface area contributed by atoms with Gasteiger partial charge in [0, 0.05) is 25.7 Å². The highest BCUT2D eigenvalue weighted by Crippen LogP contribution is 2.12. The van der Waals surface area contributed by atoms with E-state index in [2.05, 4.69) is 0 Å². The van der Waals surface area contributed by atoms with E-state index in [0.717, 1.165) is 12.8 Å². The molecule has 0 spiro atoms. The fraction of sp³-hybridized carbons (Fsp3) is 1.00. The van der Waals surface area contributed by atoms with Gasteiger partial charge in [-0.2, -0.15) is 0 Å². The smallest absolute Gasteiger partial charge is 0.215 e. The maximum Gasteiger partial charge on any atom is 0.215 e. The molecule has 0 aromatic carbocycles. The third-order valence-corrected chi connectivity index (χ3v) is 4.17. The molecule has 1 rings (SSSR count). The molecule has 0 atom stereocenters. The summed E-state index contributed by atoms with van der Waals surface area (Å²) in [4.78, 5) is 0. The van der Waals surface area contributed by atoms with Crippen LogP contribution in [0.3, 0.4) is 0 Å². The Morgan fingerprint density at radius 1 is 1.31 bits per heavy atom. The summed E-state index contributed by atoms with van der Waals surface area (Å²) in [5, 5.41) is 0. The summed E-state index contributed by atoms with van der Waals surface area (Å²) < 4.78 is 24.5. The molecule has 0 aromatic rings. The van der Waals surface area contributed by atoms with Crippen molar-refractivity contribution in [3.05, 3.63) is 0 Å². The van der Waals surface area contributed by atoms with Crippen molar-refractivity contribution in [3.8, 4) is 0 Å². The van der Waals surface area contributed by atoms with Crippen molar-refractivity contribution in [2.75, 3.05) is 25.4 Å². The van der Waals surface area contributed by atoms with Crippen LogP contribution in [0.4, 0.5) is 0 Å². The van der Waals surface area contributed by atoms with Gasteiger partial charge in [0.2, 0.25) is 10.0 Å². The highest BCUT2D eigenvalue weighted by Gasteiger charge is 2.25. The lowest BCUT2D eigenvalue weighted by Gasteiger charge is -2.29. The highest BCUT2D eigenvalue weighted by molar-refractivity contribution is 7.89. The first kappa shape index (κ1) is 10.9. The quantitative estimate of drug-likeness (QED) is 0.602. The SMILES string of the molecule is NCCS(=O)(=O)N1CCC(N)CC1. The fourth-order valence-electron chi connectivity index (χ4n) is 1.43. The van der Waals surface area contributed by atoms with Gasteiger partial charge in [0.05, 0.1) is 5.75 Å². The van der Waals surface area contributed by atoms with Crippen molar-refractivity contribution in [2.24, 2.45) is 11.5 Å². The molecule has 0 aliphatic carbocycles. The van der Waals surface area contributed by atoms with Crippen LogP contribution in [0.15, 0.2) is 0 Å². The van der Waals surface area contributed by atoms with Crippen LogP contribution in [0.5, 0.6) is 0 Å². The number of nitrogens with zero attached hydrogens (tertiary/aromatic N) is 1. The molecule has 13 heavy (non-hydrogen) atoms. The Kier molecular flexibility index (Phi) is 3.66. The Bertz CT molecular complexity index is 244. The maximum atomic E-state index is 11.5. The molecule has 0 radical (unpaired) electrons. The molecule has 0 bridgehead atoms. The van der Waals surface area contributed by atoms with Crippen molar-refractivity contribution in [2.45, 2.75) is 18.9 Å². The van der Waals surface area contributed by atoms with E-state index in [1.807, 2.05) is 0 Å². The maximum absolute atomic E-state index is 11.5. The first-order valence-electron chi connectivity index (χ1n) is 4.50. The molecule has 4 N–H and O–H groups in total. The van der Waals surface area contributed by atoms with Crippen molar-refractivity contribution in [3.63, 3.8) is 0 Å². The van der Waals surface area contributed by atoms with Gasteiger partial charge in [-0.05, 0) is 12.8 Å². The van der Waals surface area contributed by atoms with Gasteiger partial charge >= 0.3 is 0 Å². The average molecular weight is 207 g/mol. The van der Waals surface area contributed by atoms with E-state index in [1.165, 1.54) is 4.31 Å². The van der Waals surface area contributed by atoms with E-state index >= 15 is 0 Å². The number of nitrogens with two attached hydrogens (primary N) is 2. The predicted octanol–water partition coefficient (Wildman–Crippen LogP) is -1.30. The van der Waals surface area contributed by atoms with Crippen LogP contribution < -0.4 is 11.5 Å². The summed E-state index contributed by atoms with van der Waals surface area (Å²) in [7, 11) is -3.10. The molecule has 5 nitrogen and oxygen atoms in total. The predicted molar refractivity (Wildman–Crippen MR) is 51.6 cm³/mol. The van der Waals surface area contributed by atoms with Crippen LogP contribution in [-0.2, 0) is 10.0 Å². The van der Waals surface area contributed by atoms with Crippen LogP contribution in [0, 0.1) is 0 Å². The summed E-state index contributed by atoms with van der Waals surface area (Å²) >= 11 is 0. The van der Waals surface area contributed by atoms with Crippen LogP contribution in [0.25, 0.3) is 0 Å². The van der Waals surface area contributed by atoms with E-state index < -0.39 is 10.0 Å². The molecular weight excluding hydrogens is 190 g/mol. The molecule has 0 unspecified atom stereocenters. The minimum atomic E-state index is -3.10. The van der Waals surface area contributed by atoms with Gasteiger partial charge in [-0.25, -0.2) is 12.7 Å². The second-order valence-electron chi connectivity index (χ2n) is 3.34. The lowest BCUT2D eigenvalue weighted by molar-refractivity contribution is 0.320. The molecule has 0 aromatic heterocycles. The monoisotopic (exact) mass is 207 g/mol. The van der Waals surface area contributed by atoms with Crippen LogP contribution in [0.2, 0.25) is 0 Å². The second-order valence-corrected chi connectivity index (χ2v) is 5.43. The first-order chi connectivity index (χ1) is 6.06. The molecule has 1 saturated heterocycles. The average Bonchev–Trinajstić information content (AvgIpc) is 2.05. The summed E-state index contributed by atoms with van der Waals surface area (Å²) in [6, 6.07) is 0.157. The molecule has 1 aliphatic heterocycles. The Hall–Kier alpha value is -0.170. The fourth-order valence-corrected chi connectivity index (χ4v) is 2.76. The second kappa shape index (κ2) is 4.36. The summed E-state index contributed by atoms with van der Waals surface area (Å²) in [6.45, 7) is 1.28. The summed E-state index contributed by atoms with van der Waals surface area (Å²) in [6.07, 6.45) is 1.51. The first-order valence-corrected chi connectivity index (χ1v) is 6.10. The molecule has 1 fully saturated rings. The molecule has 1 heterocycles. The summed E-state index contributed by atoms with van der Waals surface area (Å²) in [5.41, 5.74) is 10.9. The number of rotatable bonds is 3. The van der Waals surface area contributed by atoms with Crippen molar-refractivity contribution >= 4 is 10.0 Å². The number of sulfonamides is 1. The number of hydrogen-bond acceptors (Lipinski definition) is 4. The topological polar surface area (TPSA) is 89.4 Å². The lowest BCUT2D eigenvalue weighted by Crippen LogP contribution is -2.44. The Morgan fingerprint density at radius 2 is 1.85 bits per heavy atom. The zero-order valence-corrected chi connectivity index (χ0v) is 8.46. The van der Waals surface area contributed by atoms with Gasteiger partial charge in [-0.15, -0.1) is 0 Å². The normalized spacial score (nSPS) is 22.0. The van der Waals surface area contributed by atoms with E-state index in [9.17, 15) is 8.42 Å². The van der Waals surface area contributed by atoms with E-state index in [-0.39, 0.29) is 18.3 Å². The molecule has 1 aliphatic rings. The Balaban J connectivity index is 2.53. The molecule has 0 saturated carbocycles. The summed E-state index contributed by atoms with van der Waals surface area (Å²) in [5.74, 6) is 0.0439. The zero-order chi connectivity index (χ0) is 9.90. The van der Waals surface area contributed by atoms with Gasteiger partial charge in [0.25, 0.3) is 0 Å². The van der Waals surface area contributed by atoms with E-state index in [1.54, 1.807) is 0 Å². The third kappa shape index (κ3) is 2.91. The molecule has 0 amide bonds. The number of hydrogen-bond donors (Lipinski definition) is 2. The highest BCUT2D eigenvalue weighted by atomic mass is 32.2. The Morgan fingerprint density at radius 3 is 2.31 bits per heavy atom. The van der Waals surface area contributed by atoms with Gasteiger partial charge in [0.15, 0.2) is 0 Å². The zero-order valence-electron chi connectivity index (χ0n) is 7.65. The Labute approximate surface area is 79.1 Å². The van der Waals surface area contributed by atoms with Gasteiger partial charge in [-0.1, -0.05) is 0 Å². The lowest BCUT2D eigenvalue weighted by atomic mass is 10.1. The van der Waals surface area contributed by atoms with Crippen LogP contribution in [-0.4, -0.2) is 44.2 Å². The number of piperidine rings is 1. The van der Waals surface area contributed by atoms with Crippen LogP contribution in [0.1, 0.15) is 12.8 Å².